The number of esters is 1. The number of carbonyl (C=O) groups excluding carboxylic acids is 2. The molecule has 0 spiro atoms. The largest absolute Gasteiger partial charge is 0.467 e. The lowest BCUT2D eigenvalue weighted by Crippen LogP contribution is -2.52. The molecule has 1 aliphatic heterocycles. The fourth-order valence-electron chi connectivity index (χ4n) is 1.70. The summed E-state index contributed by atoms with van der Waals surface area (Å²) in [5.74, 6) is -3.96. The Morgan fingerprint density at radius 1 is 1.42 bits per heavy atom. The van der Waals surface area contributed by atoms with E-state index >= 15 is 0 Å². The first-order valence-electron chi connectivity index (χ1n) is 5.92. The average Bonchev–Trinajstić information content (AvgIpc) is 2.36. The van der Waals surface area contributed by atoms with Crippen molar-refractivity contribution in [2.45, 2.75) is 25.3 Å². The summed E-state index contributed by atoms with van der Waals surface area (Å²) in [4.78, 5) is 24.6. The van der Waals surface area contributed by atoms with Crippen LogP contribution in [0.5, 0.6) is 0 Å². The van der Waals surface area contributed by atoms with Crippen LogP contribution in [0.25, 0.3) is 0 Å². The number of urea groups is 1. The van der Waals surface area contributed by atoms with Crippen LogP contribution in [-0.4, -0.2) is 62.3 Å². The molecule has 0 unspecified atom stereocenters. The Kier molecular flexibility index (Phi) is 5.46. The zero-order valence-electron chi connectivity index (χ0n) is 10.9. The van der Waals surface area contributed by atoms with Gasteiger partial charge in [-0.15, -0.1) is 0 Å². The second kappa shape index (κ2) is 6.65. The molecule has 6 nitrogen and oxygen atoms in total. The zero-order valence-corrected chi connectivity index (χ0v) is 10.9. The van der Waals surface area contributed by atoms with E-state index in [1.165, 1.54) is 4.90 Å². The summed E-state index contributed by atoms with van der Waals surface area (Å²) < 4.78 is 35.4. The molecular weight excluding hydrogens is 262 g/mol. The van der Waals surface area contributed by atoms with Crippen molar-refractivity contribution >= 4 is 12.0 Å². The summed E-state index contributed by atoms with van der Waals surface area (Å²) in [6.07, 6.45) is -0.796. The number of hydrogen-bond acceptors (Lipinski definition) is 4. The van der Waals surface area contributed by atoms with Gasteiger partial charge in [-0.2, -0.15) is 0 Å². The van der Waals surface area contributed by atoms with Crippen molar-refractivity contribution in [2.75, 3.05) is 33.4 Å². The third-order valence-corrected chi connectivity index (χ3v) is 2.64. The van der Waals surface area contributed by atoms with Crippen LogP contribution >= 0.6 is 0 Å². The van der Waals surface area contributed by atoms with E-state index in [0.717, 1.165) is 7.11 Å². The van der Waals surface area contributed by atoms with Crippen molar-refractivity contribution in [2.24, 2.45) is 0 Å². The van der Waals surface area contributed by atoms with Gasteiger partial charge in [-0.1, -0.05) is 0 Å². The molecule has 1 aliphatic rings. The number of amides is 2. The van der Waals surface area contributed by atoms with Gasteiger partial charge in [-0.05, 0) is 6.92 Å². The van der Waals surface area contributed by atoms with Crippen molar-refractivity contribution in [1.82, 2.24) is 10.2 Å². The zero-order chi connectivity index (χ0) is 14.5. The van der Waals surface area contributed by atoms with Gasteiger partial charge < -0.3 is 19.7 Å². The fourth-order valence-corrected chi connectivity index (χ4v) is 1.70. The first kappa shape index (κ1) is 15.6. The van der Waals surface area contributed by atoms with Crippen LogP contribution in [0.4, 0.5) is 13.6 Å². The van der Waals surface area contributed by atoms with Gasteiger partial charge in [0.25, 0.3) is 0 Å². The molecule has 0 bridgehead atoms. The fraction of sp³-hybridized carbons (Fsp3) is 0.818. The van der Waals surface area contributed by atoms with E-state index < -0.39 is 30.4 Å². The molecule has 0 aliphatic carbocycles. The minimum absolute atomic E-state index is 0.363. The maximum atomic E-state index is 13.0. The number of hydrogen-bond donors (Lipinski definition) is 1. The molecule has 0 aromatic carbocycles. The lowest BCUT2D eigenvalue weighted by atomic mass is 10.1. The normalized spacial score (nSPS) is 17.8. The van der Waals surface area contributed by atoms with Crippen molar-refractivity contribution in [3.63, 3.8) is 0 Å². The molecule has 1 N–H and O–H groups in total. The number of methoxy groups -OCH3 is 1. The Bertz CT molecular complexity index is 327. The van der Waals surface area contributed by atoms with Gasteiger partial charge in [0.2, 0.25) is 5.92 Å². The number of rotatable bonds is 4. The number of halogens is 2. The first-order valence-corrected chi connectivity index (χ1v) is 5.92. The van der Waals surface area contributed by atoms with Gasteiger partial charge in [-0.3, -0.25) is 0 Å². The van der Waals surface area contributed by atoms with Gasteiger partial charge in [0, 0.05) is 19.5 Å². The van der Waals surface area contributed by atoms with Crippen molar-refractivity contribution in [3.8, 4) is 0 Å². The Balaban J connectivity index is 2.60. The second-order valence-electron chi connectivity index (χ2n) is 4.40. The molecular formula is C11H18F2N2O4. The molecule has 2 amide bonds. The summed E-state index contributed by atoms with van der Waals surface area (Å²) in [6, 6.07) is -1.93. The highest BCUT2D eigenvalue weighted by Gasteiger charge is 2.34. The molecule has 1 rings (SSSR count). The highest BCUT2D eigenvalue weighted by Crippen LogP contribution is 2.19. The standard InChI is InChI=1S/C11H18F2N2O4/c1-11(12,13)7-8(9(16)18-2)14-10(17)15-3-5-19-6-4-15/h8H,3-7H2,1-2H3,(H,14,17)/t8-/m1/s1. The molecule has 1 saturated heterocycles. The monoisotopic (exact) mass is 280 g/mol. The number of carbonyl (C=O) groups is 2. The van der Waals surface area contributed by atoms with E-state index in [-0.39, 0.29) is 0 Å². The van der Waals surface area contributed by atoms with Gasteiger partial charge in [0.15, 0.2) is 0 Å². The summed E-state index contributed by atoms with van der Waals surface area (Å²) in [5.41, 5.74) is 0. The van der Waals surface area contributed by atoms with Crippen molar-refractivity contribution in [1.29, 1.82) is 0 Å². The van der Waals surface area contributed by atoms with Crippen LogP contribution < -0.4 is 5.32 Å². The van der Waals surface area contributed by atoms with E-state index in [1.54, 1.807) is 0 Å². The van der Waals surface area contributed by atoms with Gasteiger partial charge >= 0.3 is 12.0 Å². The number of alkyl halides is 2. The Morgan fingerprint density at radius 2 is 2.00 bits per heavy atom. The Hall–Kier alpha value is -1.44. The number of morpholine rings is 1. The molecule has 0 aromatic heterocycles. The van der Waals surface area contributed by atoms with E-state index in [4.69, 9.17) is 4.74 Å². The summed E-state index contributed by atoms with van der Waals surface area (Å²) >= 11 is 0. The van der Waals surface area contributed by atoms with Gasteiger partial charge in [-0.25, -0.2) is 18.4 Å². The first-order chi connectivity index (χ1) is 8.83. The predicted octanol–water partition coefficient (Wildman–Crippen LogP) is 0.615. The third kappa shape index (κ3) is 5.37. The molecule has 1 fully saturated rings. The molecule has 1 atom stereocenters. The highest BCUT2D eigenvalue weighted by atomic mass is 19.3. The van der Waals surface area contributed by atoms with Gasteiger partial charge in [0.05, 0.1) is 20.3 Å². The van der Waals surface area contributed by atoms with E-state index in [9.17, 15) is 18.4 Å². The lowest BCUT2D eigenvalue weighted by molar-refractivity contribution is -0.145. The molecule has 1 heterocycles. The predicted molar refractivity (Wildman–Crippen MR) is 62.0 cm³/mol. The Morgan fingerprint density at radius 3 is 2.47 bits per heavy atom. The molecule has 0 saturated carbocycles. The highest BCUT2D eigenvalue weighted by molar-refractivity contribution is 5.83. The summed E-state index contributed by atoms with van der Waals surface area (Å²) in [7, 11) is 1.09. The topological polar surface area (TPSA) is 67.9 Å². The SMILES string of the molecule is COC(=O)[C@@H](CC(C)(F)F)NC(=O)N1CCOCC1. The maximum absolute atomic E-state index is 13.0. The minimum atomic E-state index is -3.07. The smallest absolute Gasteiger partial charge is 0.328 e. The molecule has 0 radical (unpaired) electrons. The average molecular weight is 280 g/mol. The van der Waals surface area contributed by atoms with Crippen LogP contribution in [0.15, 0.2) is 0 Å². The quantitative estimate of drug-likeness (QED) is 0.766. The van der Waals surface area contributed by atoms with Gasteiger partial charge in [0.1, 0.15) is 6.04 Å². The Labute approximate surface area is 110 Å². The van der Waals surface area contributed by atoms with Crippen LogP contribution in [0.3, 0.4) is 0 Å². The summed E-state index contributed by atoms with van der Waals surface area (Å²) in [6.45, 7) is 2.19. The summed E-state index contributed by atoms with van der Waals surface area (Å²) in [5, 5.41) is 2.27. The van der Waals surface area contributed by atoms with Crippen molar-refractivity contribution < 1.29 is 27.8 Å². The molecule has 110 valence electrons. The minimum Gasteiger partial charge on any atom is -0.467 e. The van der Waals surface area contributed by atoms with Crippen LogP contribution in [0, 0.1) is 0 Å². The van der Waals surface area contributed by atoms with E-state index in [2.05, 4.69) is 10.1 Å². The molecule has 19 heavy (non-hydrogen) atoms. The molecule has 8 heteroatoms. The van der Waals surface area contributed by atoms with Crippen LogP contribution in [0.1, 0.15) is 13.3 Å². The van der Waals surface area contributed by atoms with Crippen molar-refractivity contribution in [3.05, 3.63) is 0 Å². The number of ether oxygens (including phenoxy) is 2. The second-order valence-corrected chi connectivity index (χ2v) is 4.40. The van der Waals surface area contributed by atoms with E-state index in [1.807, 2.05) is 0 Å². The van der Waals surface area contributed by atoms with E-state index in [0.29, 0.717) is 33.2 Å². The maximum Gasteiger partial charge on any atom is 0.328 e. The van der Waals surface area contributed by atoms with Crippen LogP contribution in [0.2, 0.25) is 0 Å². The lowest BCUT2D eigenvalue weighted by Gasteiger charge is -2.29. The number of nitrogens with one attached hydrogen (secondary N) is 1. The van der Waals surface area contributed by atoms with Crippen LogP contribution in [-0.2, 0) is 14.3 Å². The third-order valence-electron chi connectivity index (χ3n) is 2.64. The number of nitrogens with zero attached hydrogens (tertiary/aromatic N) is 1. The molecule has 0 aromatic rings.